The maximum absolute atomic E-state index is 12.9. The fourth-order valence-electron chi connectivity index (χ4n) is 8.63. The zero-order valence-electron chi connectivity index (χ0n) is 47.4. The van der Waals surface area contributed by atoms with Gasteiger partial charge in [0.15, 0.2) is 6.10 Å². The highest BCUT2D eigenvalue weighted by atomic mass is 16.6. The van der Waals surface area contributed by atoms with Gasteiger partial charge >= 0.3 is 17.9 Å². The predicted octanol–water partition coefficient (Wildman–Crippen LogP) is 20.7. The Kier molecular flexibility index (Phi) is 57.3. The molecule has 0 heterocycles. The van der Waals surface area contributed by atoms with Gasteiger partial charge in [-0.3, -0.25) is 14.4 Å². The standard InChI is InChI=1S/C66H114O6/c1-4-7-10-13-16-19-22-24-26-28-29-30-31-32-33-34-35-36-37-39-40-42-44-47-50-53-56-59-65(68)71-62-63(61-70-64(67)58-55-52-49-46-21-18-15-12-9-6-3)72-66(69)60-57-54-51-48-45-43-41-38-27-25-23-20-17-14-11-8-5-2/h7-8,10-11,16-17,19-20,24-27,29-30,63H,4-6,9,12-15,18,21-23,28,31-62H2,1-3H3/b10-7-,11-8-,19-16-,20-17-,26-24-,27-25-,30-29-. The highest BCUT2D eigenvalue weighted by Gasteiger charge is 2.19. The quantitative estimate of drug-likeness (QED) is 0.0261. The average molecular weight is 1000 g/mol. The Hall–Kier alpha value is -3.41. The molecular formula is C66H114O6. The third kappa shape index (κ3) is 57.5. The molecule has 0 fully saturated rings. The molecule has 0 saturated carbocycles. The predicted molar refractivity (Wildman–Crippen MR) is 311 cm³/mol. The summed E-state index contributed by atoms with van der Waals surface area (Å²) in [4.78, 5) is 38.2. The van der Waals surface area contributed by atoms with Crippen LogP contribution in [-0.4, -0.2) is 37.2 Å². The van der Waals surface area contributed by atoms with Crippen LogP contribution in [0, 0.1) is 0 Å². The molecule has 0 aliphatic carbocycles. The maximum atomic E-state index is 12.9. The highest BCUT2D eigenvalue weighted by Crippen LogP contribution is 2.16. The fourth-order valence-corrected chi connectivity index (χ4v) is 8.63. The van der Waals surface area contributed by atoms with E-state index in [2.05, 4.69) is 106 Å². The van der Waals surface area contributed by atoms with E-state index in [4.69, 9.17) is 14.2 Å². The van der Waals surface area contributed by atoms with Crippen molar-refractivity contribution < 1.29 is 28.6 Å². The van der Waals surface area contributed by atoms with Crippen LogP contribution in [0.1, 0.15) is 297 Å². The summed E-state index contributed by atoms with van der Waals surface area (Å²) in [7, 11) is 0. The van der Waals surface area contributed by atoms with Crippen molar-refractivity contribution in [1.82, 2.24) is 0 Å². The smallest absolute Gasteiger partial charge is 0.306 e. The van der Waals surface area contributed by atoms with E-state index in [-0.39, 0.29) is 31.1 Å². The van der Waals surface area contributed by atoms with Gasteiger partial charge in [0.05, 0.1) is 0 Å². The number of esters is 3. The SMILES string of the molecule is CC/C=C\C/C=C\C/C=C\C/C=C\CCCCCCCCCCCCCCCCC(=O)OCC(COC(=O)CCCCCCCCCCCC)OC(=O)CCCCCCCCC/C=C\C/C=C\C/C=C\CC. The second-order valence-electron chi connectivity index (χ2n) is 20.2. The van der Waals surface area contributed by atoms with Gasteiger partial charge in [-0.15, -0.1) is 0 Å². The van der Waals surface area contributed by atoms with Gasteiger partial charge in [0.1, 0.15) is 13.2 Å². The van der Waals surface area contributed by atoms with Crippen molar-refractivity contribution in [3.05, 3.63) is 85.1 Å². The topological polar surface area (TPSA) is 78.9 Å². The molecule has 1 unspecified atom stereocenters. The normalized spacial score (nSPS) is 12.7. The van der Waals surface area contributed by atoms with E-state index in [0.717, 1.165) is 109 Å². The van der Waals surface area contributed by atoms with Crippen LogP contribution in [-0.2, 0) is 28.6 Å². The number of unbranched alkanes of at least 4 members (excludes halogenated alkanes) is 30. The second-order valence-corrected chi connectivity index (χ2v) is 20.2. The van der Waals surface area contributed by atoms with Gasteiger partial charge < -0.3 is 14.2 Å². The third-order valence-electron chi connectivity index (χ3n) is 13.1. The lowest BCUT2D eigenvalue weighted by atomic mass is 10.0. The van der Waals surface area contributed by atoms with Crippen LogP contribution in [0.2, 0.25) is 0 Å². The van der Waals surface area contributed by atoms with Crippen LogP contribution in [0.25, 0.3) is 0 Å². The summed E-state index contributed by atoms with van der Waals surface area (Å²) in [6.45, 7) is 6.42. The van der Waals surface area contributed by atoms with Gasteiger partial charge in [0.25, 0.3) is 0 Å². The monoisotopic (exact) mass is 1000 g/mol. The summed E-state index contributed by atoms with van der Waals surface area (Å²) in [5.41, 5.74) is 0. The summed E-state index contributed by atoms with van der Waals surface area (Å²) in [6, 6.07) is 0. The first kappa shape index (κ1) is 68.6. The Bertz CT molecular complexity index is 1380. The molecule has 0 radical (unpaired) electrons. The zero-order chi connectivity index (χ0) is 52.2. The van der Waals surface area contributed by atoms with Gasteiger partial charge in [-0.1, -0.05) is 273 Å². The number of ether oxygens (including phenoxy) is 3. The molecule has 0 aromatic carbocycles. The van der Waals surface area contributed by atoms with Crippen molar-refractivity contribution in [3.63, 3.8) is 0 Å². The highest BCUT2D eigenvalue weighted by molar-refractivity contribution is 5.71. The minimum atomic E-state index is -0.779. The molecule has 0 N–H and O–H groups in total. The van der Waals surface area contributed by atoms with Gasteiger partial charge in [-0.25, -0.2) is 0 Å². The molecule has 0 bridgehead atoms. The van der Waals surface area contributed by atoms with Crippen molar-refractivity contribution in [2.45, 2.75) is 303 Å². The van der Waals surface area contributed by atoms with E-state index < -0.39 is 6.10 Å². The van der Waals surface area contributed by atoms with E-state index in [1.807, 2.05) is 0 Å². The third-order valence-corrected chi connectivity index (χ3v) is 13.1. The molecule has 0 aliphatic heterocycles. The maximum Gasteiger partial charge on any atom is 0.306 e. The number of hydrogen-bond acceptors (Lipinski definition) is 6. The largest absolute Gasteiger partial charge is 0.462 e. The Labute approximate surface area is 445 Å². The van der Waals surface area contributed by atoms with Gasteiger partial charge in [-0.05, 0) is 89.9 Å². The molecule has 6 heteroatoms. The minimum absolute atomic E-state index is 0.0775. The Morgan fingerprint density at radius 1 is 0.292 bits per heavy atom. The molecular weight excluding hydrogens is 889 g/mol. The van der Waals surface area contributed by atoms with Crippen molar-refractivity contribution in [3.8, 4) is 0 Å². The number of rotatable bonds is 55. The number of allylic oxidation sites excluding steroid dienone is 14. The summed E-state index contributed by atoms with van der Waals surface area (Å²) >= 11 is 0. The van der Waals surface area contributed by atoms with Crippen molar-refractivity contribution in [1.29, 1.82) is 0 Å². The van der Waals surface area contributed by atoms with Crippen LogP contribution >= 0.6 is 0 Å². The van der Waals surface area contributed by atoms with Crippen LogP contribution in [0.15, 0.2) is 85.1 Å². The summed E-state index contributed by atoms with van der Waals surface area (Å²) in [5, 5.41) is 0. The summed E-state index contributed by atoms with van der Waals surface area (Å²) in [6.07, 6.45) is 78.8. The Balaban J connectivity index is 4.21. The molecule has 0 amide bonds. The molecule has 0 aromatic rings. The second kappa shape index (κ2) is 60.1. The molecule has 0 aromatic heterocycles. The molecule has 6 nitrogen and oxygen atoms in total. The van der Waals surface area contributed by atoms with E-state index in [1.54, 1.807) is 0 Å². The van der Waals surface area contributed by atoms with Crippen LogP contribution in [0.4, 0.5) is 0 Å². The zero-order valence-corrected chi connectivity index (χ0v) is 47.4. The Morgan fingerprint density at radius 3 is 0.847 bits per heavy atom. The van der Waals surface area contributed by atoms with Crippen molar-refractivity contribution >= 4 is 17.9 Å². The first-order valence-electron chi connectivity index (χ1n) is 30.6. The average Bonchev–Trinajstić information content (AvgIpc) is 3.38. The molecule has 0 spiro atoms. The summed E-state index contributed by atoms with van der Waals surface area (Å²) in [5.74, 6) is -0.880. The van der Waals surface area contributed by atoms with E-state index in [0.29, 0.717) is 19.3 Å². The molecule has 0 saturated heterocycles. The van der Waals surface area contributed by atoms with Gasteiger partial charge in [-0.2, -0.15) is 0 Å². The molecule has 72 heavy (non-hydrogen) atoms. The molecule has 414 valence electrons. The van der Waals surface area contributed by atoms with E-state index in [9.17, 15) is 14.4 Å². The van der Waals surface area contributed by atoms with Crippen LogP contribution in [0.3, 0.4) is 0 Å². The lowest BCUT2D eigenvalue weighted by Gasteiger charge is -2.18. The number of carbonyl (C=O) groups excluding carboxylic acids is 3. The molecule has 1 atom stereocenters. The van der Waals surface area contributed by atoms with Gasteiger partial charge in [0, 0.05) is 19.3 Å². The molecule has 0 aliphatic rings. The van der Waals surface area contributed by atoms with Crippen molar-refractivity contribution in [2.75, 3.05) is 13.2 Å². The fraction of sp³-hybridized carbons (Fsp3) is 0.742. The Morgan fingerprint density at radius 2 is 0.542 bits per heavy atom. The first-order chi connectivity index (χ1) is 35.5. The van der Waals surface area contributed by atoms with E-state index in [1.165, 1.54) is 148 Å². The van der Waals surface area contributed by atoms with Gasteiger partial charge in [0.2, 0.25) is 0 Å². The van der Waals surface area contributed by atoms with E-state index >= 15 is 0 Å². The number of carbonyl (C=O) groups is 3. The first-order valence-corrected chi connectivity index (χ1v) is 30.6. The van der Waals surface area contributed by atoms with Crippen LogP contribution in [0.5, 0.6) is 0 Å². The summed E-state index contributed by atoms with van der Waals surface area (Å²) < 4.78 is 16.9. The lowest BCUT2D eigenvalue weighted by Crippen LogP contribution is -2.30. The molecule has 0 rings (SSSR count). The lowest BCUT2D eigenvalue weighted by molar-refractivity contribution is -0.167. The van der Waals surface area contributed by atoms with Crippen LogP contribution < -0.4 is 0 Å². The number of hydrogen-bond donors (Lipinski definition) is 0. The van der Waals surface area contributed by atoms with Crippen molar-refractivity contribution in [2.24, 2.45) is 0 Å². The minimum Gasteiger partial charge on any atom is -0.462 e.